The van der Waals surface area contributed by atoms with Crippen LogP contribution in [0.4, 0.5) is 10.1 Å². The SMILES string of the molecule is Fc1cccc2c1CCCN2CCn1cncn1. The summed E-state index contributed by atoms with van der Waals surface area (Å²) in [5, 5.41) is 4.08. The summed E-state index contributed by atoms with van der Waals surface area (Å²) in [5.41, 5.74) is 1.88. The maximum atomic E-state index is 13.7. The lowest BCUT2D eigenvalue weighted by Gasteiger charge is -2.31. The van der Waals surface area contributed by atoms with E-state index >= 15 is 0 Å². The first-order valence-electron chi connectivity index (χ1n) is 6.19. The molecule has 94 valence electrons. The third kappa shape index (κ3) is 2.08. The number of benzene rings is 1. The number of halogens is 1. The second-order valence-electron chi connectivity index (χ2n) is 4.49. The molecule has 2 heterocycles. The zero-order valence-corrected chi connectivity index (χ0v) is 10.1. The summed E-state index contributed by atoms with van der Waals surface area (Å²) in [6, 6.07) is 5.32. The first-order chi connectivity index (χ1) is 8.84. The van der Waals surface area contributed by atoms with Gasteiger partial charge in [-0.1, -0.05) is 6.07 Å². The van der Waals surface area contributed by atoms with Crippen molar-refractivity contribution in [2.75, 3.05) is 18.0 Å². The summed E-state index contributed by atoms with van der Waals surface area (Å²) in [6.07, 6.45) is 5.08. The highest BCUT2D eigenvalue weighted by Gasteiger charge is 2.19. The zero-order chi connectivity index (χ0) is 12.4. The molecule has 4 nitrogen and oxygen atoms in total. The third-order valence-corrected chi connectivity index (χ3v) is 3.36. The van der Waals surface area contributed by atoms with Gasteiger partial charge < -0.3 is 4.90 Å². The molecule has 2 aromatic rings. The molecule has 1 aliphatic rings. The maximum Gasteiger partial charge on any atom is 0.137 e. The standard InChI is InChI=1S/C13H15FN4/c14-12-4-1-5-13-11(12)3-2-6-17(13)7-8-18-10-15-9-16-18/h1,4-5,9-10H,2-3,6-8H2. The molecule has 0 saturated carbocycles. The van der Waals surface area contributed by atoms with Crippen molar-refractivity contribution < 1.29 is 4.39 Å². The van der Waals surface area contributed by atoms with Gasteiger partial charge in [0.15, 0.2) is 0 Å². The van der Waals surface area contributed by atoms with Crippen LogP contribution in [0.3, 0.4) is 0 Å². The molecular formula is C13H15FN4. The Labute approximate surface area is 105 Å². The predicted octanol–water partition coefficient (Wildman–Crippen LogP) is 1.87. The fourth-order valence-electron chi connectivity index (χ4n) is 2.46. The Bertz CT molecular complexity index is 524. The van der Waals surface area contributed by atoms with Crippen LogP contribution in [0.5, 0.6) is 0 Å². The van der Waals surface area contributed by atoms with E-state index in [9.17, 15) is 4.39 Å². The van der Waals surface area contributed by atoms with Crippen LogP contribution in [0, 0.1) is 5.82 Å². The van der Waals surface area contributed by atoms with E-state index in [1.807, 2.05) is 6.07 Å². The quantitative estimate of drug-likeness (QED) is 0.829. The van der Waals surface area contributed by atoms with Crippen molar-refractivity contribution in [3.05, 3.63) is 42.2 Å². The number of fused-ring (bicyclic) bond motifs is 1. The van der Waals surface area contributed by atoms with E-state index in [4.69, 9.17) is 0 Å². The molecule has 0 bridgehead atoms. The van der Waals surface area contributed by atoms with Gasteiger partial charge in [-0.15, -0.1) is 0 Å². The van der Waals surface area contributed by atoms with E-state index < -0.39 is 0 Å². The topological polar surface area (TPSA) is 34.0 Å². The van der Waals surface area contributed by atoms with Crippen molar-refractivity contribution in [1.29, 1.82) is 0 Å². The Hall–Kier alpha value is -1.91. The molecule has 0 amide bonds. The van der Waals surface area contributed by atoms with E-state index in [1.54, 1.807) is 23.1 Å². The minimum atomic E-state index is -0.0852. The summed E-state index contributed by atoms with van der Waals surface area (Å²) < 4.78 is 15.5. The van der Waals surface area contributed by atoms with E-state index in [1.165, 1.54) is 6.33 Å². The monoisotopic (exact) mass is 246 g/mol. The largest absolute Gasteiger partial charge is 0.369 e. The maximum absolute atomic E-state index is 13.7. The van der Waals surface area contributed by atoms with E-state index in [0.717, 1.165) is 43.7 Å². The van der Waals surface area contributed by atoms with Crippen LogP contribution in [0.25, 0.3) is 0 Å². The molecule has 0 N–H and O–H groups in total. The molecule has 1 aromatic carbocycles. The molecule has 0 radical (unpaired) electrons. The summed E-state index contributed by atoms with van der Waals surface area (Å²) in [6.45, 7) is 2.58. The van der Waals surface area contributed by atoms with Crippen molar-refractivity contribution in [3.8, 4) is 0 Å². The fraction of sp³-hybridized carbons (Fsp3) is 0.385. The highest BCUT2D eigenvalue weighted by atomic mass is 19.1. The van der Waals surface area contributed by atoms with E-state index in [-0.39, 0.29) is 5.82 Å². The number of rotatable bonds is 3. The minimum Gasteiger partial charge on any atom is -0.369 e. The first-order valence-corrected chi connectivity index (χ1v) is 6.19. The Balaban J connectivity index is 1.77. The number of nitrogens with zero attached hydrogens (tertiary/aromatic N) is 4. The van der Waals surface area contributed by atoms with E-state index in [0.29, 0.717) is 0 Å². The number of hydrogen-bond donors (Lipinski definition) is 0. The molecule has 3 rings (SSSR count). The Morgan fingerprint density at radius 3 is 3.06 bits per heavy atom. The van der Waals surface area contributed by atoms with Crippen LogP contribution in [-0.2, 0) is 13.0 Å². The van der Waals surface area contributed by atoms with Gasteiger partial charge in [-0.3, -0.25) is 4.68 Å². The molecule has 0 atom stereocenters. The average molecular weight is 246 g/mol. The first kappa shape index (κ1) is 11.2. The smallest absolute Gasteiger partial charge is 0.137 e. The highest BCUT2D eigenvalue weighted by Crippen LogP contribution is 2.28. The van der Waals surface area contributed by atoms with Gasteiger partial charge in [0.2, 0.25) is 0 Å². The van der Waals surface area contributed by atoms with Gasteiger partial charge in [-0.25, -0.2) is 9.37 Å². The van der Waals surface area contributed by atoms with Crippen molar-refractivity contribution in [2.24, 2.45) is 0 Å². The lowest BCUT2D eigenvalue weighted by molar-refractivity contribution is 0.559. The molecule has 18 heavy (non-hydrogen) atoms. The van der Waals surface area contributed by atoms with Crippen LogP contribution in [0.15, 0.2) is 30.9 Å². The summed E-state index contributed by atoms with van der Waals surface area (Å²) in [5.74, 6) is -0.0852. The van der Waals surface area contributed by atoms with Crippen LogP contribution >= 0.6 is 0 Å². The van der Waals surface area contributed by atoms with Gasteiger partial charge >= 0.3 is 0 Å². The normalized spacial score (nSPS) is 14.6. The summed E-state index contributed by atoms with van der Waals surface area (Å²) >= 11 is 0. The number of hydrogen-bond acceptors (Lipinski definition) is 3. The van der Waals surface area contributed by atoms with Crippen molar-refractivity contribution >= 4 is 5.69 Å². The van der Waals surface area contributed by atoms with Crippen LogP contribution < -0.4 is 4.90 Å². The summed E-state index contributed by atoms with van der Waals surface area (Å²) in [4.78, 5) is 6.14. The Morgan fingerprint density at radius 1 is 1.28 bits per heavy atom. The molecule has 0 saturated heterocycles. The van der Waals surface area contributed by atoms with E-state index in [2.05, 4.69) is 15.0 Å². The number of anilines is 1. The van der Waals surface area contributed by atoms with Gasteiger partial charge in [0.1, 0.15) is 18.5 Å². The van der Waals surface area contributed by atoms with Crippen molar-refractivity contribution in [1.82, 2.24) is 14.8 Å². The average Bonchev–Trinajstić information content (AvgIpc) is 2.90. The molecule has 0 unspecified atom stereocenters. The molecule has 0 spiro atoms. The molecule has 0 fully saturated rings. The van der Waals surface area contributed by atoms with Gasteiger partial charge in [-0.05, 0) is 25.0 Å². The van der Waals surface area contributed by atoms with Crippen LogP contribution in [0.1, 0.15) is 12.0 Å². The fourth-order valence-corrected chi connectivity index (χ4v) is 2.46. The Morgan fingerprint density at radius 2 is 2.22 bits per heavy atom. The van der Waals surface area contributed by atoms with Gasteiger partial charge in [0.05, 0.1) is 6.54 Å². The molecule has 5 heteroatoms. The lowest BCUT2D eigenvalue weighted by Crippen LogP contribution is -2.32. The summed E-state index contributed by atoms with van der Waals surface area (Å²) in [7, 11) is 0. The van der Waals surface area contributed by atoms with Gasteiger partial charge in [0.25, 0.3) is 0 Å². The molecular weight excluding hydrogens is 231 g/mol. The van der Waals surface area contributed by atoms with Crippen LogP contribution in [-0.4, -0.2) is 27.9 Å². The predicted molar refractivity (Wildman–Crippen MR) is 67.0 cm³/mol. The Kier molecular flexibility index (Phi) is 2.96. The second-order valence-corrected chi connectivity index (χ2v) is 4.49. The van der Waals surface area contributed by atoms with Gasteiger partial charge in [-0.2, -0.15) is 5.10 Å². The molecule has 1 aromatic heterocycles. The molecule has 1 aliphatic heterocycles. The minimum absolute atomic E-state index is 0.0852. The second kappa shape index (κ2) is 4.76. The highest BCUT2D eigenvalue weighted by molar-refractivity contribution is 5.55. The number of aromatic nitrogens is 3. The third-order valence-electron chi connectivity index (χ3n) is 3.36. The lowest BCUT2D eigenvalue weighted by atomic mass is 10.0. The zero-order valence-electron chi connectivity index (χ0n) is 10.1. The van der Waals surface area contributed by atoms with Crippen LogP contribution in [0.2, 0.25) is 0 Å². The molecule has 0 aliphatic carbocycles. The van der Waals surface area contributed by atoms with Crippen molar-refractivity contribution in [3.63, 3.8) is 0 Å². The van der Waals surface area contributed by atoms with Gasteiger partial charge in [0, 0.05) is 24.3 Å². The van der Waals surface area contributed by atoms with Crippen molar-refractivity contribution in [2.45, 2.75) is 19.4 Å².